The quantitative estimate of drug-likeness (QED) is 0.700. The smallest absolute Gasteiger partial charge is 0.261 e. The molecular formula is C21H24ClN3O3S. The summed E-state index contributed by atoms with van der Waals surface area (Å²) in [6, 6.07) is 10.3. The molecule has 0 saturated heterocycles. The van der Waals surface area contributed by atoms with Crippen molar-refractivity contribution in [2.75, 3.05) is 18.0 Å². The number of halogens is 1. The summed E-state index contributed by atoms with van der Waals surface area (Å²) in [4.78, 5) is 39.4. The summed E-state index contributed by atoms with van der Waals surface area (Å²) >= 11 is 7.26. The number of carbonyl (C=O) groups is 3. The Morgan fingerprint density at radius 3 is 2.45 bits per heavy atom. The zero-order valence-electron chi connectivity index (χ0n) is 16.0. The fourth-order valence-electron chi connectivity index (χ4n) is 3.35. The lowest BCUT2D eigenvalue weighted by molar-refractivity contribution is -0.124. The van der Waals surface area contributed by atoms with Crippen LogP contribution in [0.5, 0.6) is 0 Å². The molecule has 3 amide bonds. The van der Waals surface area contributed by atoms with Crippen molar-refractivity contribution in [3.63, 3.8) is 0 Å². The van der Waals surface area contributed by atoms with E-state index in [0.717, 1.165) is 25.7 Å². The summed E-state index contributed by atoms with van der Waals surface area (Å²) in [5, 5.41) is 7.99. The van der Waals surface area contributed by atoms with Crippen LogP contribution in [0.4, 0.5) is 5.69 Å². The predicted octanol–water partition coefficient (Wildman–Crippen LogP) is 3.61. The van der Waals surface area contributed by atoms with Gasteiger partial charge in [0.15, 0.2) is 0 Å². The van der Waals surface area contributed by atoms with Crippen molar-refractivity contribution in [2.24, 2.45) is 0 Å². The van der Waals surface area contributed by atoms with Gasteiger partial charge in [0.2, 0.25) is 11.8 Å². The Morgan fingerprint density at radius 1 is 1.07 bits per heavy atom. The van der Waals surface area contributed by atoms with Crippen LogP contribution in [0, 0.1) is 0 Å². The Labute approximate surface area is 179 Å². The Kier molecular flexibility index (Phi) is 7.66. The van der Waals surface area contributed by atoms with Crippen molar-refractivity contribution in [3.8, 4) is 0 Å². The molecule has 1 fully saturated rings. The average Bonchev–Trinajstić information content (AvgIpc) is 3.26. The van der Waals surface area contributed by atoms with Gasteiger partial charge in [-0.05, 0) is 48.6 Å². The third-order valence-electron chi connectivity index (χ3n) is 4.86. The molecule has 0 unspecified atom stereocenters. The molecule has 154 valence electrons. The van der Waals surface area contributed by atoms with E-state index in [2.05, 4.69) is 10.6 Å². The topological polar surface area (TPSA) is 78.5 Å². The van der Waals surface area contributed by atoms with Crippen molar-refractivity contribution in [1.82, 2.24) is 10.6 Å². The molecule has 2 aromatic rings. The molecule has 6 nitrogen and oxygen atoms in total. The second kappa shape index (κ2) is 10.4. The number of rotatable bonds is 7. The van der Waals surface area contributed by atoms with E-state index in [4.69, 9.17) is 11.6 Å². The van der Waals surface area contributed by atoms with Crippen LogP contribution in [-0.2, 0) is 9.59 Å². The fraction of sp³-hybridized carbons (Fsp3) is 0.381. The second-order valence-corrected chi connectivity index (χ2v) is 8.40. The molecule has 1 aliphatic rings. The van der Waals surface area contributed by atoms with Crippen LogP contribution < -0.4 is 15.5 Å². The summed E-state index contributed by atoms with van der Waals surface area (Å²) in [5.41, 5.74) is 0.559. The lowest BCUT2D eigenvalue weighted by Crippen LogP contribution is -2.47. The third-order valence-corrected chi connectivity index (χ3v) is 5.98. The molecule has 0 atom stereocenters. The minimum absolute atomic E-state index is 0.105. The van der Waals surface area contributed by atoms with Crippen molar-refractivity contribution in [2.45, 2.75) is 38.1 Å². The number of thiophene rings is 1. The van der Waals surface area contributed by atoms with Crippen LogP contribution in [-0.4, -0.2) is 36.9 Å². The zero-order valence-corrected chi connectivity index (χ0v) is 17.6. The summed E-state index contributed by atoms with van der Waals surface area (Å²) in [7, 11) is 0. The number of benzene rings is 1. The largest absolute Gasteiger partial charge is 0.352 e. The van der Waals surface area contributed by atoms with Crippen molar-refractivity contribution >= 4 is 46.3 Å². The highest BCUT2D eigenvalue weighted by Gasteiger charge is 2.22. The molecule has 8 heteroatoms. The van der Waals surface area contributed by atoms with E-state index in [-0.39, 0.29) is 36.9 Å². The molecular weight excluding hydrogens is 410 g/mol. The van der Waals surface area contributed by atoms with Gasteiger partial charge in [-0.2, -0.15) is 0 Å². The van der Waals surface area contributed by atoms with E-state index in [0.29, 0.717) is 15.6 Å². The summed E-state index contributed by atoms with van der Waals surface area (Å²) in [6.45, 7) is -0.304. The van der Waals surface area contributed by atoms with E-state index in [1.165, 1.54) is 22.7 Å². The first-order valence-electron chi connectivity index (χ1n) is 9.70. The van der Waals surface area contributed by atoms with E-state index in [1.807, 2.05) is 0 Å². The highest BCUT2D eigenvalue weighted by atomic mass is 35.5. The van der Waals surface area contributed by atoms with E-state index >= 15 is 0 Å². The van der Waals surface area contributed by atoms with Crippen molar-refractivity contribution < 1.29 is 14.4 Å². The maximum absolute atomic E-state index is 12.8. The molecule has 3 rings (SSSR count). The van der Waals surface area contributed by atoms with E-state index in [1.54, 1.807) is 41.8 Å². The molecule has 0 spiro atoms. The van der Waals surface area contributed by atoms with Gasteiger partial charge in [-0.3, -0.25) is 14.4 Å². The average molecular weight is 434 g/mol. The number of hydrogen-bond donors (Lipinski definition) is 2. The number of amides is 3. The van der Waals surface area contributed by atoms with Gasteiger partial charge in [0.25, 0.3) is 5.91 Å². The monoisotopic (exact) mass is 433 g/mol. The first-order valence-corrected chi connectivity index (χ1v) is 11.0. The van der Waals surface area contributed by atoms with Crippen LogP contribution in [0.15, 0.2) is 41.8 Å². The highest BCUT2D eigenvalue weighted by Crippen LogP contribution is 2.20. The number of anilines is 1. The molecule has 0 radical (unpaired) electrons. The van der Waals surface area contributed by atoms with Gasteiger partial charge in [0.1, 0.15) is 6.54 Å². The van der Waals surface area contributed by atoms with Gasteiger partial charge in [-0.25, -0.2) is 0 Å². The maximum Gasteiger partial charge on any atom is 0.261 e. The van der Waals surface area contributed by atoms with Crippen LogP contribution >= 0.6 is 22.9 Å². The van der Waals surface area contributed by atoms with Gasteiger partial charge >= 0.3 is 0 Å². The Bertz CT molecular complexity index is 833. The normalized spacial score (nSPS) is 14.2. The standard InChI is InChI=1S/C21H24ClN3O3S/c22-15-8-10-17(11-9-15)25(14-19(26)24-16-5-2-1-3-6-16)20(27)13-23-21(28)18-7-4-12-29-18/h4,7-12,16H,1-3,5-6,13-14H2,(H,23,28)(H,24,26). The molecule has 29 heavy (non-hydrogen) atoms. The van der Waals surface area contributed by atoms with Crippen molar-refractivity contribution in [1.29, 1.82) is 0 Å². The number of nitrogens with zero attached hydrogens (tertiary/aromatic N) is 1. The zero-order chi connectivity index (χ0) is 20.6. The molecule has 0 aliphatic heterocycles. The minimum atomic E-state index is -0.365. The van der Waals surface area contributed by atoms with Crippen LogP contribution in [0.1, 0.15) is 41.8 Å². The molecule has 1 saturated carbocycles. The fourth-order valence-corrected chi connectivity index (χ4v) is 4.12. The van der Waals surface area contributed by atoms with Gasteiger partial charge < -0.3 is 15.5 Å². The van der Waals surface area contributed by atoms with Crippen LogP contribution in [0.25, 0.3) is 0 Å². The second-order valence-electron chi connectivity index (χ2n) is 7.02. The Morgan fingerprint density at radius 2 is 1.79 bits per heavy atom. The predicted molar refractivity (Wildman–Crippen MR) is 115 cm³/mol. The number of carbonyl (C=O) groups excluding carboxylic acids is 3. The third kappa shape index (κ3) is 6.30. The number of hydrogen-bond acceptors (Lipinski definition) is 4. The molecule has 0 bridgehead atoms. The Balaban J connectivity index is 1.65. The SMILES string of the molecule is O=C(CN(C(=O)CNC(=O)c1cccs1)c1ccc(Cl)cc1)NC1CCCCC1. The van der Waals surface area contributed by atoms with E-state index < -0.39 is 0 Å². The van der Waals surface area contributed by atoms with Crippen LogP contribution in [0.2, 0.25) is 5.02 Å². The maximum atomic E-state index is 12.8. The summed E-state index contributed by atoms with van der Waals surface area (Å²) in [6.07, 6.45) is 5.36. The lowest BCUT2D eigenvalue weighted by atomic mass is 9.95. The molecule has 1 heterocycles. The molecule has 1 aromatic carbocycles. The Hall–Kier alpha value is -2.38. The first-order chi connectivity index (χ1) is 14.0. The van der Waals surface area contributed by atoms with Crippen LogP contribution in [0.3, 0.4) is 0 Å². The summed E-state index contributed by atoms with van der Waals surface area (Å²) in [5.74, 6) is -0.878. The minimum Gasteiger partial charge on any atom is -0.352 e. The van der Waals surface area contributed by atoms with Gasteiger partial charge in [0.05, 0.1) is 11.4 Å². The summed E-state index contributed by atoms with van der Waals surface area (Å²) < 4.78 is 0. The lowest BCUT2D eigenvalue weighted by Gasteiger charge is -2.26. The first kappa shape index (κ1) is 21.3. The highest BCUT2D eigenvalue weighted by molar-refractivity contribution is 7.12. The number of nitrogens with one attached hydrogen (secondary N) is 2. The van der Waals surface area contributed by atoms with Gasteiger partial charge in [-0.1, -0.05) is 36.9 Å². The van der Waals surface area contributed by atoms with Gasteiger partial charge in [-0.15, -0.1) is 11.3 Å². The molecule has 2 N–H and O–H groups in total. The molecule has 1 aromatic heterocycles. The molecule has 1 aliphatic carbocycles. The van der Waals surface area contributed by atoms with Crippen molar-refractivity contribution in [3.05, 3.63) is 51.7 Å². The van der Waals surface area contributed by atoms with Gasteiger partial charge in [0, 0.05) is 16.8 Å². The van der Waals surface area contributed by atoms with E-state index in [9.17, 15) is 14.4 Å².